The van der Waals surface area contributed by atoms with E-state index in [0.717, 1.165) is 45.0 Å². The average molecular weight is 639 g/mol. The third-order valence-corrected chi connectivity index (χ3v) is 9.86. The summed E-state index contributed by atoms with van der Waals surface area (Å²) in [7, 11) is 0. The Bertz CT molecular complexity index is 2520. The van der Waals surface area contributed by atoms with E-state index in [9.17, 15) is 0 Å². The van der Waals surface area contributed by atoms with Crippen LogP contribution in [0.15, 0.2) is 182 Å². The van der Waals surface area contributed by atoms with Gasteiger partial charge in [0.1, 0.15) is 0 Å². The summed E-state index contributed by atoms with van der Waals surface area (Å²) in [5, 5.41) is 5.06. The first-order valence-electron chi connectivity index (χ1n) is 16.9. The van der Waals surface area contributed by atoms with Gasteiger partial charge in [-0.3, -0.25) is 9.97 Å². The van der Waals surface area contributed by atoms with Crippen LogP contribution in [0.2, 0.25) is 0 Å². The molecule has 4 heteroatoms. The second-order valence-electron chi connectivity index (χ2n) is 12.7. The summed E-state index contributed by atoms with van der Waals surface area (Å²) in [6.07, 6.45) is 3.88. The zero-order valence-electron chi connectivity index (χ0n) is 27.1. The number of pyridine rings is 2. The highest BCUT2D eigenvalue weighted by atomic mass is 15.0. The molecule has 0 unspecified atom stereocenters. The molecule has 0 bridgehead atoms. The minimum absolute atomic E-state index is 0.940. The van der Waals surface area contributed by atoms with E-state index in [4.69, 9.17) is 9.97 Å². The topological polar surface area (TPSA) is 35.6 Å². The Morgan fingerprint density at radius 2 is 0.580 bits per heavy atom. The van der Waals surface area contributed by atoms with Gasteiger partial charge in [-0.2, -0.15) is 0 Å². The molecular weight excluding hydrogens is 609 g/mol. The third kappa shape index (κ3) is 4.54. The van der Waals surface area contributed by atoms with Crippen molar-refractivity contribution in [1.82, 2.24) is 19.1 Å². The standard InChI is InChI=1S/C46H30N4/c1-5-13-43-37(9-1)38-10-2-6-14-44(38)49(43)35-23-17-31(18-24-35)41-27-21-33(29-47-41)34-22-28-42(48-30-34)32-19-25-36(26-20-32)50-45-15-7-3-11-39(45)40-12-4-8-16-46(40)50/h1-30H. The van der Waals surface area contributed by atoms with Crippen molar-refractivity contribution < 1.29 is 0 Å². The first kappa shape index (κ1) is 28.3. The third-order valence-electron chi connectivity index (χ3n) is 9.86. The van der Waals surface area contributed by atoms with Crippen molar-refractivity contribution in [1.29, 1.82) is 0 Å². The second kappa shape index (κ2) is 11.4. The van der Waals surface area contributed by atoms with Crippen molar-refractivity contribution in [3.63, 3.8) is 0 Å². The quantitative estimate of drug-likeness (QED) is 0.188. The molecule has 234 valence electrons. The van der Waals surface area contributed by atoms with Crippen molar-refractivity contribution in [2.75, 3.05) is 0 Å². The second-order valence-corrected chi connectivity index (χ2v) is 12.7. The average Bonchev–Trinajstić information content (AvgIpc) is 3.71. The van der Waals surface area contributed by atoms with Crippen LogP contribution in [-0.2, 0) is 0 Å². The van der Waals surface area contributed by atoms with Gasteiger partial charge in [0.15, 0.2) is 0 Å². The van der Waals surface area contributed by atoms with Crippen LogP contribution in [0.5, 0.6) is 0 Å². The lowest BCUT2D eigenvalue weighted by molar-refractivity contribution is 1.18. The lowest BCUT2D eigenvalue weighted by Gasteiger charge is -2.10. The molecule has 0 aliphatic heterocycles. The first-order chi connectivity index (χ1) is 24.8. The molecule has 10 rings (SSSR count). The molecule has 4 aromatic heterocycles. The zero-order chi connectivity index (χ0) is 33.0. The maximum Gasteiger partial charge on any atom is 0.0702 e. The zero-order valence-corrected chi connectivity index (χ0v) is 27.1. The summed E-state index contributed by atoms with van der Waals surface area (Å²) in [6, 6.07) is 60.2. The smallest absolute Gasteiger partial charge is 0.0702 e. The molecular formula is C46H30N4. The van der Waals surface area contributed by atoms with Crippen LogP contribution in [0.25, 0.3) is 88.6 Å². The highest BCUT2D eigenvalue weighted by molar-refractivity contribution is 6.10. The van der Waals surface area contributed by atoms with Crippen molar-refractivity contribution in [3.8, 4) is 45.0 Å². The molecule has 0 amide bonds. The molecule has 4 nitrogen and oxygen atoms in total. The van der Waals surface area contributed by atoms with Gasteiger partial charge in [0, 0.05) is 67.6 Å². The number of rotatable bonds is 5. The van der Waals surface area contributed by atoms with Crippen LogP contribution in [0.3, 0.4) is 0 Å². The van der Waals surface area contributed by atoms with Crippen LogP contribution in [0.4, 0.5) is 0 Å². The highest BCUT2D eigenvalue weighted by Gasteiger charge is 2.13. The molecule has 0 radical (unpaired) electrons. The molecule has 10 aromatic rings. The van der Waals surface area contributed by atoms with Gasteiger partial charge in [0.2, 0.25) is 0 Å². The Kier molecular flexibility index (Phi) is 6.46. The van der Waals surface area contributed by atoms with E-state index < -0.39 is 0 Å². The predicted octanol–water partition coefficient (Wildman–Crippen LogP) is 11.7. The Hall–Kier alpha value is -6.78. The van der Waals surface area contributed by atoms with Crippen LogP contribution >= 0.6 is 0 Å². The molecule has 0 fully saturated rings. The van der Waals surface area contributed by atoms with Gasteiger partial charge in [0.25, 0.3) is 0 Å². The summed E-state index contributed by atoms with van der Waals surface area (Å²) >= 11 is 0. The van der Waals surface area contributed by atoms with E-state index in [2.05, 4.69) is 179 Å². The van der Waals surface area contributed by atoms with Gasteiger partial charge in [-0.15, -0.1) is 0 Å². The largest absolute Gasteiger partial charge is 0.309 e. The van der Waals surface area contributed by atoms with Gasteiger partial charge >= 0.3 is 0 Å². The molecule has 6 aromatic carbocycles. The first-order valence-corrected chi connectivity index (χ1v) is 16.9. The molecule has 0 spiro atoms. The summed E-state index contributed by atoms with van der Waals surface area (Å²) in [6.45, 7) is 0. The van der Waals surface area contributed by atoms with Gasteiger partial charge in [-0.05, 0) is 60.7 Å². The van der Waals surface area contributed by atoms with E-state index in [1.807, 2.05) is 12.4 Å². The summed E-state index contributed by atoms with van der Waals surface area (Å²) < 4.78 is 4.67. The van der Waals surface area contributed by atoms with E-state index in [1.54, 1.807) is 0 Å². The van der Waals surface area contributed by atoms with E-state index in [0.29, 0.717) is 0 Å². The SMILES string of the molecule is c1ccc2c(c1)c1ccccc1n2-c1ccc(-c2ccc(-c3ccc(-c4ccc(-n5c6ccccc6c6ccccc65)cc4)nc3)cn2)cc1. The van der Waals surface area contributed by atoms with E-state index in [1.165, 1.54) is 43.6 Å². The molecule has 50 heavy (non-hydrogen) atoms. The lowest BCUT2D eigenvalue weighted by Crippen LogP contribution is -1.94. The van der Waals surface area contributed by atoms with Crippen molar-refractivity contribution in [3.05, 3.63) is 182 Å². The molecule has 0 saturated carbocycles. The van der Waals surface area contributed by atoms with Gasteiger partial charge < -0.3 is 9.13 Å². The van der Waals surface area contributed by atoms with Crippen molar-refractivity contribution in [2.24, 2.45) is 0 Å². The van der Waals surface area contributed by atoms with Gasteiger partial charge in [-0.1, -0.05) is 109 Å². The van der Waals surface area contributed by atoms with E-state index >= 15 is 0 Å². The monoisotopic (exact) mass is 638 g/mol. The van der Waals surface area contributed by atoms with Crippen molar-refractivity contribution in [2.45, 2.75) is 0 Å². The minimum atomic E-state index is 0.940. The fraction of sp³-hybridized carbons (Fsp3) is 0. The maximum absolute atomic E-state index is 4.84. The fourth-order valence-corrected chi connectivity index (χ4v) is 7.43. The summed E-state index contributed by atoms with van der Waals surface area (Å²) in [5.74, 6) is 0. The molecule has 0 aliphatic carbocycles. The van der Waals surface area contributed by atoms with Crippen molar-refractivity contribution >= 4 is 43.6 Å². The Morgan fingerprint density at radius 1 is 0.280 bits per heavy atom. The number of benzene rings is 6. The van der Waals surface area contributed by atoms with Crippen LogP contribution in [0, 0.1) is 0 Å². The molecule has 0 saturated heterocycles. The van der Waals surface area contributed by atoms with Crippen LogP contribution in [0.1, 0.15) is 0 Å². The van der Waals surface area contributed by atoms with Gasteiger partial charge in [-0.25, -0.2) is 0 Å². The van der Waals surface area contributed by atoms with Gasteiger partial charge in [0.05, 0.1) is 33.5 Å². The fourth-order valence-electron chi connectivity index (χ4n) is 7.43. The molecule has 0 N–H and O–H groups in total. The number of aromatic nitrogens is 4. The van der Waals surface area contributed by atoms with Crippen LogP contribution < -0.4 is 0 Å². The summed E-state index contributed by atoms with van der Waals surface area (Å²) in [4.78, 5) is 9.68. The minimum Gasteiger partial charge on any atom is -0.309 e. The normalized spacial score (nSPS) is 11.6. The molecule has 0 aliphatic rings. The number of hydrogen-bond donors (Lipinski definition) is 0. The number of nitrogens with zero attached hydrogens (tertiary/aromatic N) is 4. The number of fused-ring (bicyclic) bond motifs is 6. The van der Waals surface area contributed by atoms with Crippen LogP contribution in [-0.4, -0.2) is 19.1 Å². The highest BCUT2D eigenvalue weighted by Crippen LogP contribution is 2.34. The Balaban J connectivity index is 0.893. The maximum atomic E-state index is 4.84. The lowest BCUT2D eigenvalue weighted by atomic mass is 10.1. The summed E-state index contributed by atoms with van der Waals surface area (Å²) in [5.41, 5.74) is 13.2. The Labute approximate surface area is 289 Å². The predicted molar refractivity (Wildman–Crippen MR) is 207 cm³/mol. The molecule has 4 heterocycles. The number of para-hydroxylation sites is 4. The Morgan fingerprint density at radius 3 is 0.880 bits per heavy atom. The molecule has 0 atom stereocenters. The number of hydrogen-bond acceptors (Lipinski definition) is 2. The van der Waals surface area contributed by atoms with E-state index in [-0.39, 0.29) is 0 Å².